The number of thiazole rings is 1. The first-order valence-corrected chi connectivity index (χ1v) is 11.9. The van der Waals surface area contributed by atoms with Crippen LogP contribution in [0.3, 0.4) is 0 Å². The van der Waals surface area contributed by atoms with E-state index >= 15 is 0 Å². The van der Waals surface area contributed by atoms with Gasteiger partial charge >= 0.3 is 11.4 Å². The molecule has 2 aromatic carbocycles. The minimum absolute atomic E-state index is 0. The molecule has 0 bridgehead atoms. The summed E-state index contributed by atoms with van der Waals surface area (Å²) in [6, 6.07) is 12.7. The van der Waals surface area contributed by atoms with Gasteiger partial charge in [-0.15, -0.1) is 23.7 Å². The lowest BCUT2D eigenvalue weighted by molar-refractivity contribution is 0.244. The summed E-state index contributed by atoms with van der Waals surface area (Å²) in [6.07, 6.45) is 3.18. The molecule has 10 heteroatoms. The smallest absolute Gasteiger partial charge is 0.301 e. The molecule has 4 aromatic rings. The van der Waals surface area contributed by atoms with Gasteiger partial charge in [0.2, 0.25) is 4.96 Å². The average molecular weight is 517 g/mol. The van der Waals surface area contributed by atoms with Crippen LogP contribution in [0.4, 0.5) is 8.78 Å². The molecule has 1 fully saturated rings. The maximum absolute atomic E-state index is 13.5. The molecule has 0 aliphatic carbocycles. The highest BCUT2D eigenvalue weighted by molar-refractivity contribution is 7.15. The Hall–Kier alpha value is -3.14. The van der Waals surface area contributed by atoms with Gasteiger partial charge in [0.25, 0.3) is 0 Å². The van der Waals surface area contributed by atoms with E-state index in [2.05, 4.69) is 9.88 Å². The summed E-state index contributed by atoms with van der Waals surface area (Å²) in [5, 5.41) is 1.73. The first kappa shape index (κ1) is 25.0. The molecular formula is C25H23ClF2N4O2S. The molecule has 35 heavy (non-hydrogen) atoms. The predicted molar refractivity (Wildman–Crippen MR) is 135 cm³/mol. The molecule has 1 aliphatic heterocycles. The highest BCUT2D eigenvalue weighted by Crippen LogP contribution is 2.32. The summed E-state index contributed by atoms with van der Waals surface area (Å²) in [4.78, 5) is 31.5. The number of halogens is 3. The molecule has 0 saturated carbocycles. The molecule has 1 aliphatic rings. The fraction of sp³-hybridized carbons (Fsp3) is 0.240. The van der Waals surface area contributed by atoms with Gasteiger partial charge in [-0.05, 0) is 53.8 Å². The number of nitrogens with zero attached hydrogens (tertiary/aromatic N) is 4. The summed E-state index contributed by atoms with van der Waals surface area (Å²) in [6.45, 7) is 2.34. The van der Waals surface area contributed by atoms with Crippen LogP contribution in [-0.4, -0.2) is 38.5 Å². The molecule has 5 rings (SSSR count). The van der Waals surface area contributed by atoms with Crippen molar-refractivity contribution in [2.75, 3.05) is 19.6 Å². The lowest BCUT2D eigenvalue weighted by Crippen LogP contribution is -2.42. The van der Waals surface area contributed by atoms with E-state index in [1.807, 2.05) is 0 Å². The normalized spacial score (nSPS) is 14.2. The second-order valence-corrected chi connectivity index (χ2v) is 9.09. The highest BCUT2D eigenvalue weighted by atomic mass is 35.5. The van der Waals surface area contributed by atoms with Crippen molar-refractivity contribution >= 4 is 34.3 Å². The number of rotatable bonds is 5. The number of benzene rings is 2. The lowest BCUT2D eigenvalue weighted by atomic mass is 9.88. The van der Waals surface area contributed by atoms with Crippen LogP contribution in [0, 0.1) is 11.6 Å². The summed E-state index contributed by atoms with van der Waals surface area (Å²) in [7, 11) is 0. The second-order valence-electron chi connectivity index (χ2n) is 8.22. The predicted octanol–water partition coefficient (Wildman–Crippen LogP) is 4.22. The van der Waals surface area contributed by atoms with Crippen LogP contribution >= 0.6 is 23.7 Å². The van der Waals surface area contributed by atoms with Crippen molar-refractivity contribution in [2.45, 2.75) is 19.4 Å². The van der Waals surface area contributed by atoms with Gasteiger partial charge in [0.15, 0.2) is 0 Å². The van der Waals surface area contributed by atoms with Crippen LogP contribution in [0.15, 0.2) is 75.3 Å². The molecule has 182 valence electrons. The van der Waals surface area contributed by atoms with Crippen molar-refractivity contribution in [1.82, 2.24) is 18.9 Å². The van der Waals surface area contributed by atoms with Crippen LogP contribution in [0.2, 0.25) is 0 Å². The fourth-order valence-electron chi connectivity index (χ4n) is 4.39. The third-order valence-electron chi connectivity index (χ3n) is 6.17. The van der Waals surface area contributed by atoms with Gasteiger partial charge in [-0.25, -0.2) is 27.3 Å². The van der Waals surface area contributed by atoms with Crippen molar-refractivity contribution < 1.29 is 8.78 Å². The van der Waals surface area contributed by atoms with Crippen LogP contribution in [0.5, 0.6) is 0 Å². The van der Waals surface area contributed by atoms with Crippen LogP contribution < -0.4 is 11.4 Å². The molecule has 0 unspecified atom stereocenters. The molecule has 1 saturated heterocycles. The molecule has 0 N–H and O–H groups in total. The van der Waals surface area contributed by atoms with E-state index in [1.54, 1.807) is 35.8 Å². The largest absolute Gasteiger partial charge is 0.354 e. The Kier molecular flexibility index (Phi) is 7.59. The zero-order chi connectivity index (χ0) is 23.7. The van der Waals surface area contributed by atoms with Gasteiger partial charge in [0.05, 0.1) is 0 Å². The minimum Gasteiger partial charge on any atom is -0.301 e. The van der Waals surface area contributed by atoms with Gasteiger partial charge in [-0.2, -0.15) is 4.98 Å². The molecule has 0 amide bonds. The zero-order valence-corrected chi connectivity index (χ0v) is 20.3. The Labute approximate surface area is 210 Å². The van der Waals surface area contributed by atoms with Crippen molar-refractivity contribution in [3.8, 4) is 0 Å². The number of hydrogen-bond acceptors (Lipinski definition) is 5. The third kappa shape index (κ3) is 5.27. The Morgan fingerprint density at radius 3 is 2.03 bits per heavy atom. The van der Waals surface area contributed by atoms with Gasteiger partial charge in [-0.1, -0.05) is 29.8 Å². The van der Waals surface area contributed by atoms with Crippen molar-refractivity contribution in [1.29, 1.82) is 0 Å². The maximum Gasteiger partial charge on any atom is 0.354 e. The summed E-state index contributed by atoms with van der Waals surface area (Å²) in [5.74, 6) is -0.605. The molecule has 3 heterocycles. The molecular weight excluding hydrogens is 494 g/mol. The first-order valence-electron chi connectivity index (χ1n) is 11.0. The second kappa shape index (κ2) is 10.6. The molecule has 0 radical (unpaired) electrons. The Morgan fingerprint density at radius 2 is 1.46 bits per heavy atom. The van der Waals surface area contributed by atoms with E-state index in [4.69, 9.17) is 0 Å². The summed E-state index contributed by atoms with van der Waals surface area (Å²) >= 11 is 1.25. The fourth-order valence-corrected chi connectivity index (χ4v) is 5.08. The van der Waals surface area contributed by atoms with Gasteiger partial charge in [-0.3, -0.25) is 0 Å². The van der Waals surface area contributed by atoms with Crippen LogP contribution in [-0.2, 0) is 6.54 Å². The number of hydrogen-bond donors (Lipinski definition) is 0. The van der Waals surface area contributed by atoms with Crippen molar-refractivity contribution in [3.63, 3.8) is 0 Å². The maximum atomic E-state index is 13.5. The average Bonchev–Trinajstić information content (AvgIpc) is 3.31. The Balaban J connectivity index is 0.00000289. The number of likely N-dealkylation sites (tertiary alicyclic amines) is 1. The van der Waals surface area contributed by atoms with E-state index in [9.17, 15) is 18.4 Å². The third-order valence-corrected chi connectivity index (χ3v) is 6.92. The van der Waals surface area contributed by atoms with Crippen molar-refractivity contribution in [2.24, 2.45) is 0 Å². The molecule has 0 atom stereocenters. The standard InChI is InChI=1S/C25H22F2N4O2S.ClH/c26-20-5-1-17(2-6-20)22(18-3-7-21(27)8-4-18)19-9-11-29(12-10-19)13-14-30-23(32)28-24-31(25(30)33)15-16-34-24;/h1-8,15-16H,9-14H2;1H. The minimum atomic E-state index is -0.528. The Bertz CT molecular complexity index is 1420. The van der Waals surface area contributed by atoms with E-state index in [0.29, 0.717) is 11.5 Å². The van der Waals surface area contributed by atoms with E-state index in [-0.39, 0.29) is 36.3 Å². The van der Waals surface area contributed by atoms with E-state index in [1.165, 1.54) is 50.1 Å². The first-order chi connectivity index (χ1) is 16.5. The lowest BCUT2D eigenvalue weighted by Gasteiger charge is -2.30. The van der Waals surface area contributed by atoms with Crippen LogP contribution in [0.25, 0.3) is 10.5 Å². The number of piperidine rings is 1. The quantitative estimate of drug-likeness (QED) is 0.398. The van der Waals surface area contributed by atoms with E-state index in [0.717, 1.165) is 42.6 Å². The Morgan fingerprint density at radius 1 is 0.886 bits per heavy atom. The topological polar surface area (TPSA) is 59.6 Å². The SMILES string of the molecule is Cl.O=c1nc2sccn2c(=O)n1CCN1CCC(=C(c2ccc(F)cc2)c2ccc(F)cc2)CC1. The molecule has 6 nitrogen and oxygen atoms in total. The monoisotopic (exact) mass is 516 g/mol. The summed E-state index contributed by atoms with van der Waals surface area (Å²) < 4.78 is 29.6. The van der Waals surface area contributed by atoms with Crippen molar-refractivity contribution in [3.05, 3.63) is 109 Å². The van der Waals surface area contributed by atoms with Gasteiger partial charge in [0.1, 0.15) is 11.6 Å². The highest BCUT2D eigenvalue weighted by Gasteiger charge is 2.20. The number of aromatic nitrogens is 3. The van der Waals surface area contributed by atoms with Gasteiger partial charge in [0, 0.05) is 37.8 Å². The van der Waals surface area contributed by atoms with E-state index < -0.39 is 5.69 Å². The van der Waals surface area contributed by atoms with Gasteiger partial charge < -0.3 is 4.90 Å². The summed E-state index contributed by atoms with van der Waals surface area (Å²) in [5.41, 5.74) is 3.11. The number of fused-ring (bicyclic) bond motifs is 1. The van der Waals surface area contributed by atoms with Crippen LogP contribution in [0.1, 0.15) is 24.0 Å². The zero-order valence-electron chi connectivity index (χ0n) is 18.7. The molecule has 0 spiro atoms. The molecule has 2 aromatic heterocycles.